The third kappa shape index (κ3) is 3.53. The molecule has 1 unspecified atom stereocenters. The van der Waals surface area contributed by atoms with Gasteiger partial charge in [0.2, 0.25) is 0 Å². The van der Waals surface area contributed by atoms with Crippen molar-refractivity contribution < 1.29 is 14.6 Å². The van der Waals surface area contributed by atoms with Gasteiger partial charge in [-0.15, -0.1) is 0 Å². The topological polar surface area (TPSA) is 38.7 Å². The molecule has 0 saturated heterocycles. The van der Waals surface area contributed by atoms with Gasteiger partial charge in [0.1, 0.15) is 5.75 Å². The van der Waals surface area contributed by atoms with Crippen molar-refractivity contribution in [1.82, 2.24) is 0 Å². The molecule has 1 N–H and O–H groups in total. The van der Waals surface area contributed by atoms with Crippen LogP contribution in [-0.4, -0.2) is 31.0 Å². The van der Waals surface area contributed by atoms with Gasteiger partial charge in [0.05, 0.1) is 18.8 Å². The first-order valence-electron chi connectivity index (χ1n) is 7.56. The summed E-state index contributed by atoms with van der Waals surface area (Å²) in [7, 11) is 3.41. The molecule has 0 radical (unpaired) electrons. The van der Waals surface area contributed by atoms with Crippen LogP contribution in [0.2, 0.25) is 0 Å². The number of ether oxygens (including phenoxy) is 2. The van der Waals surface area contributed by atoms with E-state index in [0.717, 1.165) is 44.3 Å². The van der Waals surface area contributed by atoms with E-state index in [1.54, 1.807) is 14.2 Å². The van der Waals surface area contributed by atoms with E-state index in [1.165, 1.54) is 12.0 Å². The van der Waals surface area contributed by atoms with E-state index in [0.29, 0.717) is 0 Å². The van der Waals surface area contributed by atoms with Crippen LogP contribution in [0.3, 0.4) is 0 Å². The van der Waals surface area contributed by atoms with E-state index in [4.69, 9.17) is 9.47 Å². The molecular formula is C17H26O3. The maximum absolute atomic E-state index is 10.5. The molecule has 1 fully saturated rings. The van der Waals surface area contributed by atoms with Crippen molar-refractivity contribution >= 4 is 0 Å². The van der Waals surface area contributed by atoms with Crippen LogP contribution in [0.5, 0.6) is 5.75 Å². The zero-order chi connectivity index (χ0) is 14.4. The summed E-state index contributed by atoms with van der Waals surface area (Å²) < 4.78 is 10.8. The van der Waals surface area contributed by atoms with Crippen LogP contribution < -0.4 is 4.74 Å². The van der Waals surface area contributed by atoms with Crippen LogP contribution in [0.4, 0.5) is 0 Å². The van der Waals surface area contributed by atoms with Gasteiger partial charge in [-0.1, -0.05) is 31.4 Å². The lowest BCUT2D eigenvalue weighted by atomic mass is 9.79. The minimum Gasteiger partial charge on any atom is -0.497 e. The molecule has 1 aliphatic rings. The van der Waals surface area contributed by atoms with Crippen molar-refractivity contribution in [2.45, 2.75) is 56.7 Å². The molecule has 1 saturated carbocycles. The van der Waals surface area contributed by atoms with Gasteiger partial charge in [0.15, 0.2) is 0 Å². The summed E-state index contributed by atoms with van der Waals surface area (Å²) in [5.41, 5.74) is 0.914. The minimum absolute atomic E-state index is 0.315. The van der Waals surface area contributed by atoms with Crippen LogP contribution in [0.15, 0.2) is 24.3 Å². The predicted octanol–water partition coefficient (Wildman–Crippen LogP) is 3.34. The number of rotatable bonds is 6. The number of aliphatic hydroxyl groups excluding tert-OH is 1. The summed E-state index contributed by atoms with van der Waals surface area (Å²) in [4.78, 5) is 0. The number of aliphatic hydroxyl groups is 1. The Morgan fingerprint density at radius 2 is 1.75 bits per heavy atom. The van der Waals surface area contributed by atoms with Crippen molar-refractivity contribution in [1.29, 1.82) is 0 Å². The molecule has 3 heteroatoms. The predicted molar refractivity (Wildman–Crippen MR) is 80.1 cm³/mol. The summed E-state index contributed by atoms with van der Waals surface area (Å²) in [5.74, 6) is 0.870. The van der Waals surface area contributed by atoms with E-state index < -0.39 is 0 Å². The van der Waals surface area contributed by atoms with Crippen LogP contribution in [-0.2, 0) is 11.2 Å². The average Bonchev–Trinajstić information content (AvgIpc) is 2.53. The maximum Gasteiger partial charge on any atom is 0.118 e. The Labute approximate surface area is 121 Å². The second-order valence-corrected chi connectivity index (χ2v) is 5.73. The highest BCUT2D eigenvalue weighted by Crippen LogP contribution is 2.35. The van der Waals surface area contributed by atoms with E-state index in [1.807, 2.05) is 12.1 Å². The summed E-state index contributed by atoms with van der Waals surface area (Å²) in [6.07, 6.45) is 6.78. The lowest BCUT2D eigenvalue weighted by Gasteiger charge is -2.40. The highest BCUT2D eigenvalue weighted by atomic mass is 16.5. The molecule has 1 aromatic rings. The number of methoxy groups -OCH3 is 2. The zero-order valence-electron chi connectivity index (χ0n) is 12.6. The van der Waals surface area contributed by atoms with Crippen molar-refractivity contribution in [3.05, 3.63) is 29.8 Å². The molecule has 0 amide bonds. The van der Waals surface area contributed by atoms with Crippen molar-refractivity contribution in [3.63, 3.8) is 0 Å². The van der Waals surface area contributed by atoms with Gasteiger partial charge >= 0.3 is 0 Å². The Morgan fingerprint density at radius 1 is 1.10 bits per heavy atom. The number of hydrogen-bond donors (Lipinski definition) is 1. The first-order valence-corrected chi connectivity index (χ1v) is 7.56. The average molecular weight is 278 g/mol. The van der Waals surface area contributed by atoms with Crippen molar-refractivity contribution in [2.24, 2.45) is 0 Å². The Balaban J connectivity index is 1.91. The smallest absolute Gasteiger partial charge is 0.118 e. The fourth-order valence-electron chi connectivity index (χ4n) is 3.18. The molecule has 0 spiro atoms. The molecule has 1 aliphatic carbocycles. The Bertz CT molecular complexity index is 393. The normalized spacial score (nSPS) is 19.6. The molecule has 0 bridgehead atoms. The lowest BCUT2D eigenvalue weighted by molar-refractivity contribution is -0.124. The molecular weight excluding hydrogens is 252 g/mol. The lowest BCUT2D eigenvalue weighted by Crippen LogP contribution is -2.46. The van der Waals surface area contributed by atoms with Gasteiger partial charge < -0.3 is 14.6 Å². The highest BCUT2D eigenvalue weighted by molar-refractivity contribution is 5.27. The molecule has 20 heavy (non-hydrogen) atoms. The van der Waals surface area contributed by atoms with Gasteiger partial charge in [0.25, 0.3) is 0 Å². The molecule has 112 valence electrons. The second-order valence-electron chi connectivity index (χ2n) is 5.73. The van der Waals surface area contributed by atoms with E-state index in [9.17, 15) is 5.11 Å². The van der Waals surface area contributed by atoms with Gasteiger partial charge in [-0.3, -0.25) is 0 Å². The second kappa shape index (κ2) is 7.09. The summed E-state index contributed by atoms with van der Waals surface area (Å²) in [6, 6.07) is 8.06. The summed E-state index contributed by atoms with van der Waals surface area (Å²) in [6.45, 7) is 0. The SMILES string of the molecule is COc1ccc(CCC(O)C2(OC)CCCCC2)cc1. The van der Waals surface area contributed by atoms with E-state index in [2.05, 4.69) is 12.1 Å². The third-order valence-electron chi connectivity index (χ3n) is 4.58. The number of hydrogen-bond acceptors (Lipinski definition) is 3. The van der Waals surface area contributed by atoms with Crippen LogP contribution in [0.25, 0.3) is 0 Å². The van der Waals surface area contributed by atoms with E-state index in [-0.39, 0.29) is 11.7 Å². The molecule has 0 heterocycles. The monoisotopic (exact) mass is 278 g/mol. The Kier molecular flexibility index (Phi) is 5.44. The van der Waals surface area contributed by atoms with Gasteiger partial charge in [-0.05, 0) is 43.4 Å². The first kappa shape index (κ1) is 15.3. The molecule has 0 aromatic heterocycles. The molecule has 3 nitrogen and oxygen atoms in total. The summed E-state index contributed by atoms with van der Waals surface area (Å²) in [5, 5.41) is 10.5. The molecule has 2 rings (SSSR count). The fraction of sp³-hybridized carbons (Fsp3) is 0.647. The number of benzene rings is 1. The van der Waals surface area contributed by atoms with E-state index >= 15 is 0 Å². The molecule has 1 aromatic carbocycles. The minimum atomic E-state index is -0.380. The van der Waals surface area contributed by atoms with Crippen molar-refractivity contribution in [2.75, 3.05) is 14.2 Å². The Hall–Kier alpha value is -1.06. The van der Waals surface area contributed by atoms with Crippen LogP contribution in [0, 0.1) is 0 Å². The van der Waals surface area contributed by atoms with Crippen molar-refractivity contribution in [3.8, 4) is 5.75 Å². The third-order valence-corrected chi connectivity index (χ3v) is 4.58. The highest BCUT2D eigenvalue weighted by Gasteiger charge is 2.38. The summed E-state index contributed by atoms with van der Waals surface area (Å²) >= 11 is 0. The Morgan fingerprint density at radius 3 is 2.30 bits per heavy atom. The van der Waals surface area contributed by atoms with Crippen LogP contribution >= 0.6 is 0 Å². The standard InChI is InChI=1S/C17H26O3/c1-19-15-9-6-14(7-10-15)8-11-16(18)17(20-2)12-4-3-5-13-17/h6-7,9-10,16,18H,3-5,8,11-13H2,1-2H3. The first-order chi connectivity index (χ1) is 9.70. The zero-order valence-corrected chi connectivity index (χ0v) is 12.6. The fourth-order valence-corrected chi connectivity index (χ4v) is 3.18. The molecule has 1 atom stereocenters. The quantitative estimate of drug-likeness (QED) is 0.867. The van der Waals surface area contributed by atoms with Gasteiger partial charge in [-0.25, -0.2) is 0 Å². The maximum atomic E-state index is 10.5. The molecule has 0 aliphatic heterocycles. The largest absolute Gasteiger partial charge is 0.497 e. The van der Waals surface area contributed by atoms with Gasteiger partial charge in [0, 0.05) is 7.11 Å². The van der Waals surface area contributed by atoms with Crippen LogP contribution in [0.1, 0.15) is 44.1 Å². The van der Waals surface area contributed by atoms with Gasteiger partial charge in [-0.2, -0.15) is 0 Å². The number of aryl methyl sites for hydroxylation is 1.